The van der Waals surface area contributed by atoms with Crippen LogP contribution in [0, 0.1) is 0 Å². The number of aliphatic hydroxyl groups is 1. The van der Waals surface area contributed by atoms with E-state index in [1.54, 1.807) is 34.9 Å². The van der Waals surface area contributed by atoms with Crippen molar-refractivity contribution in [1.82, 2.24) is 24.6 Å². The number of nitrogens with zero attached hydrogens (tertiary/aromatic N) is 4. The van der Waals surface area contributed by atoms with Gasteiger partial charge in [-0.25, -0.2) is 9.55 Å². The lowest BCUT2D eigenvalue weighted by molar-refractivity contribution is -0.146. The molecule has 0 aliphatic carbocycles. The fraction of sp³-hybridized carbons (Fsp3) is 0.308. The van der Waals surface area contributed by atoms with E-state index < -0.39 is 44.8 Å². The molecule has 0 saturated carbocycles. The van der Waals surface area contributed by atoms with E-state index in [-0.39, 0.29) is 29.9 Å². The van der Waals surface area contributed by atoms with Gasteiger partial charge in [-0.2, -0.15) is 15.1 Å². The predicted octanol–water partition coefficient (Wildman–Crippen LogP) is 3.64. The molecule has 0 amide bonds. The molecule has 1 aliphatic rings. The van der Waals surface area contributed by atoms with Crippen LogP contribution >= 0.6 is 19.3 Å². The zero-order valence-corrected chi connectivity index (χ0v) is 23.5. The van der Waals surface area contributed by atoms with Gasteiger partial charge in [0.25, 0.3) is 0 Å². The van der Waals surface area contributed by atoms with Gasteiger partial charge in [-0.1, -0.05) is 48.5 Å². The van der Waals surface area contributed by atoms with Gasteiger partial charge >= 0.3 is 13.7 Å². The van der Waals surface area contributed by atoms with Crippen molar-refractivity contribution in [2.75, 3.05) is 12.3 Å². The lowest BCUT2D eigenvalue weighted by Gasteiger charge is -2.26. The Kier molecular flexibility index (Phi) is 8.83. The number of para-hydroxylation sites is 1. The van der Waals surface area contributed by atoms with Gasteiger partial charge in [-0.3, -0.25) is 13.9 Å². The first-order valence-corrected chi connectivity index (χ1v) is 14.6. The van der Waals surface area contributed by atoms with Gasteiger partial charge < -0.3 is 24.8 Å². The molecule has 15 heteroatoms. The van der Waals surface area contributed by atoms with E-state index in [0.29, 0.717) is 11.2 Å². The fourth-order valence-corrected chi connectivity index (χ4v) is 6.17. The third-order valence-corrected chi connectivity index (χ3v) is 8.14. The fourth-order valence-electron chi connectivity index (χ4n) is 4.29. The normalized spacial score (nSPS) is 20.9. The zero-order valence-electron chi connectivity index (χ0n) is 21.9. The van der Waals surface area contributed by atoms with E-state index in [9.17, 15) is 14.5 Å². The minimum atomic E-state index is -4.25. The molecule has 2 aromatic heterocycles. The average molecular weight is 603 g/mol. The Morgan fingerprint density at radius 1 is 1.22 bits per heavy atom. The highest BCUT2D eigenvalue weighted by atomic mass is 35.5. The molecular formula is C26H28ClN6O7P. The van der Waals surface area contributed by atoms with Crippen molar-refractivity contribution < 1.29 is 33.0 Å². The summed E-state index contributed by atoms with van der Waals surface area (Å²) in [6, 6.07) is 16.4. The number of hydrogen-bond donors (Lipinski definition) is 3. The lowest BCUT2D eigenvalue weighted by atomic mass is 10.2. The largest absolute Gasteiger partial charge is 0.460 e. The number of anilines is 1. The standard InChI is InChI=1S/C26H28ClN6O7P/c1-16(25(35)37-14-17-8-4-2-5-9-17)32-41(36,39-18-10-6-3-7-11-18)40-19-12-21(38-20(19)13-34)33-15-29-22-23(28)30-26(27)31-24(22)33/h2-11,15-16,19-21,34H,12-14H2,1H3,(H,32,36)(H2,28,30,31)/t16-,19-,20?,21-,41?/m1/s1. The molecule has 13 nitrogen and oxygen atoms in total. The highest BCUT2D eigenvalue weighted by molar-refractivity contribution is 7.52. The number of nitrogens with two attached hydrogens (primary N) is 1. The molecule has 4 aromatic rings. The molecule has 4 N–H and O–H groups in total. The minimum absolute atomic E-state index is 0.0398. The monoisotopic (exact) mass is 602 g/mol. The van der Waals surface area contributed by atoms with E-state index >= 15 is 0 Å². The Morgan fingerprint density at radius 3 is 2.63 bits per heavy atom. The second-order valence-corrected chi connectivity index (χ2v) is 11.2. The van der Waals surface area contributed by atoms with Crippen molar-refractivity contribution in [3.05, 3.63) is 77.8 Å². The molecule has 3 heterocycles. The Bertz CT molecular complexity index is 1540. The summed E-state index contributed by atoms with van der Waals surface area (Å²) in [5.74, 6) is -0.319. The summed E-state index contributed by atoms with van der Waals surface area (Å²) in [5, 5.41) is 12.7. The summed E-state index contributed by atoms with van der Waals surface area (Å²) < 4.78 is 38.8. The summed E-state index contributed by atoms with van der Waals surface area (Å²) in [4.78, 5) is 25.1. The lowest BCUT2D eigenvalue weighted by Crippen LogP contribution is -2.37. The molecule has 2 unspecified atom stereocenters. The maximum absolute atomic E-state index is 14.1. The molecule has 5 rings (SSSR count). The van der Waals surface area contributed by atoms with Gasteiger partial charge in [-0.05, 0) is 36.2 Å². The third kappa shape index (κ3) is 6.84. The second kappa shape index (κ2) is 12.5. The molecule has 0 bridgehead atoms. The van der Waals surface area contributed by atoms with Gasteiger partial charge in [0.2, 0.25) is 5.28 Å². The number of esters is 1. The van der Waals surface area contributed by atoms with Crippen molar-refractivity contribution in [2.24, 2.45) is 0 Å². The third-order valence-electron chi connectivity index (χ3n) is 6.26. The number of rotatable bonds is 11. The Morgan fingerprint density at radius 2 is 1.93 bits per heavy atom. The van der Waals surface area contributed by atoms with Crippen molar-refractivity contribution in [3.8, 4) is 5.75 Å². The number of aromatic nitrogens is 4. The molecule has 1 fully saturated rings. The van der Waals surface area contributed by atoms with Gasteiger partial charge in [0, 0.05) is 6.42 Å². The van der Waals surface area contributed by atoms with E-state index in [1.807, 2.05) is 30.3 Å². The summed E-state index contributed by atoms with van der Waals surface area (Å²) in [5.41, 5.74) is 7.36. The molecule has 1 aliphatic heterocycles. The van der Waals surface area contributed by atoms with Crippen LogP contribution in [0.5, 0.6) is 5.75 Å². The number of ether oxygens (including phenoxy) is 2. The van der Waals surface area contributed by atoms with Gasteiger partial charge in [0.1, 0.15) is 42.4 Å². The molecule has 0 radical (unpaired) electrons. The molecule has 216 valence electrons. The van der Waals surface area contributed by atoms with Crippen LogP contribution < -0.4 is 15.3 Å². The first kappa shape index (κ1) is 28.9. The van der Waals surface area contributed by atoms with E-state index in [4.69, 9.17) is 35.9 Å². The van der Waals surface area contributed by atoms with Gasteiger partial charge in [-0.15, -0.1) is 0 Å². The van der Waals surface area contributed by atoms with Crippen molar-refractivity contribution >= 4 is 42.3 Å². The van der Waals surface area contributed by atoms with Crippen molar-refractivity contribution in [1.29, 1.82) is 0 Å². The maximum Gasteiger partial charge on any atom is 0.459 e. The summed E-state index contributed by atoms with van der Waals surface area (Å²) in [6.07, 6.45) is -0.981. The average Bonchev–Trinajstić information content (AvgIpc) is 3.56. The van der Waals surface area contributed by atoms with Crippen LogP contribution in [0.2, 0.25) is 5.28 Å². The van der Waals surface area contributed by atoms with E-state index in [1.165, 1.54) is 13.3 Å². The Hall–Kier alpha value is -3.58. The van der Waals surface area contributed by atoms with Gasteiger partial charge in [0.05, 0.1) is 12.9 Å². The van der Waals surface area contributed by atoms with E-state index in [0.717, 1.165) is 5.56 Å². The topological polar surface area (TPSA) is 173 Å². The van der Waals surface area contributed by atoms with Crippen LogP contribution in [0.3, 0.4) is 0 Å². The van der Waals surface area contributed by atoms with Crippen LogP contribution in [-0.4, -0.2) is 55.5 Å². The number of halogens is 1. The van der Waals surface area contributed by atoms with Crippen LogP contribution in [0.4, 0.5) is 5.82 Å². The summed E-state index contributed by atoms with van der Waals surface area (Å²) in [7, 11) is -4.25. The molecule has 41 heavy (non-hydrogen) atoms. The predicted molar refractivity (Wildman–Crippen MR) is 149 cm³/mol. The highest BCUT2D eigenvalue weighted by Gasteiger charge is 2.44. The van der Waals surface area contributed by atoms with Crippen LogP contribution in [0.15, 0.2) is 67.0 Å². The van der Waals surface area contributed by atoms with Gasteiger partial charge in [0.15, 0.2) is 11.5 Å². The second-order valence-electron chi connectivity index (χ2n) is 9.24. The number of carbonyl (C=O) groups is 1. The number of nitrogens with one attached hydrogen (secondary N) is 1. The molecular weight excluding hydrogens is 575 g/mol. The molecule has 5 atom stereocenters. The molecule has 2 aromatic carbocycles. The first-order chi connectivity index (χ1) is 19.7. The molecule has 0 spiro atoms. The number of nitrogen functional groups attached to an aromatic ring is 1. The van der Waals surface area contributed by atoms with Crippen LogP contribution in [0.1, 0.15) is 25.1 Å². The number of fused-ring (bicyclic) bond motifs is 1. The van der Waals surface area contributed by atoms with Crippen molar-refractivity contribution in [2.45, 2.75) is 44.4 Å². The smallest absolute Gasteiger partial charge is 0.459 e. The number of hydrogen-bond acceptors (Lipinski definition) is 11. The van der Waals surface area contributed by atoms with Crippen LogP contribution in [-0.2, 0) is 30.0 Å². The zero-order chi connectivity index (χ0) is 29.0. The quantitative estimate of drug-likeness (QED) is 0.129. The first-order valence-electron chi connectivity index (χ1n) is 12.7. The minimum Gasteiger partial charge on any atom is -0.460 e. The summed E-state index contributed by atoms with van der Waals surface area (Å²) in [6.45, 7) is 1.07. The Labute approximate surface area is 240 Å². The van der Waals surface area contributed by atoms with Crippen LogP contribution in [0.25, 0.3) is 11.2 Å². The highest BCUT2D eigenvalue weighted by Crippen LogP contribution is 2.49. The summed E-state index contributed by atoms with van der Waals surface area (Å²) >= 11 is 5.99. The molecule has 1 saturated heterocycles. The number of aliphatic hydroxyl groups excluding tert-OH is 1. The number of benzene rings is 2. The SMILES string of the molecule is C[C@@H](NP(=O)(Oc1ccccc1)O[C@@H]1C[C@H](n2cnc3c(N)nc(Cl)nc32)OC1CO)C(=O)OCc1ccccc1. The number of carbonyl (C=O) groups excluding carboxylic acids is 1. The van der Waals surface area contributed by atoms with Crippen molar-refractivity contribution in [3.63, 3.8) is 0 Å². The Balaban J connectivity index is 1.34. The number of imidazole rings is 1. The maximum atomic E-state index is 14.1. The van der Waals surface area contributed by atoms with E-state index in [2.05, 4.69) is 20.0 Å².